The first-order chi connectivity index (χ1) is 12.2. The summed E-state index contributed by atoms with van der Waals surface area (Å²) < 4.78 is 1.89. The van der Waals surface area contributed by atoms with Crippen LogP contribution in [0.5, 0.6) is 0 Å². The number of nitrogens with zero attached hydrogens (tertiary/aromatic N) is 3. The molecule has 0 fully saturated rings. The van der Waals surface area contributed by atoms with Crippen molar-refractivity contribution in [1.82, 2.24) is 25.7 Å². The van der Waals surface area contributed by atoms with Crippen molar-refractivity contribution in [2.24, 2.45) is 4.99 Å². The molecule has 0 saturated carbocycles. The van der Waals surface area contributed by atoms with Gasteiger partial charge in [-0.05, 0) is 36.8 Å². The molecule has 1 heterocycles. The van der Waals surface area contributed by atoms with Crippen LogP contribution in [0.2, 0.25) is 5.02 Å². The summed E-state index contributed by atoms with van der Waals surface area (Å²) in [6, 6.07) is 8.70. The van der Waals surface area contributed by atoms with Crippen molar-refractivity contribution in [2.75, 3.05) is 26.7 Å². The minimum atomic E-state index is -0.124. The first-order valence-corrected chi connectivity index (χ1v) is 8.52. The van der Waals surface area contributed by atoms with Gasteiger partial charge < -0.3 is 16.0 Å². The number of aliphatic imine (C=N–C) groups is 1. The molecule has 1 amide bonds. The third-order valence-corrected chi connectivity index (χ3v) is 3.70. The van der Waals surface area contributed by atoms with Gasteiger partial charge in [-0.3, -0.25) is 14.5 Å². The number of nitrogens with one attached hydrogen (secondary N) is 3. The normalized spacial score (nSPS) is 10.8. The number of benzene rings is 1. The topological polar surface area (TPSA) is 83.3 Å². The molecule has 0 aliphatic rings. The highest BCUT2D eigenvalue weighted by molar-refractivity contribution is 14.0. The molecule has 0 atom stereocenters. The van der Waals surface area contributed by atoms with Gasteiger partial charge in [-0.1, -0.05) is 11.6 Å². The standard InChI is InChI=1S/C17H23ClN6O.HI/c1-19-17(21-8-2-12-24-13-3-9-23-24)22-11-10-20-16(25)14-4-6-15(18)7-5-14;/h3-7,9,13H,2,8,10-12H2,1H3,(H,20,25)(H2,19,21,22);1H. The molecule has 0 saturated heterocycles. The van der Waals surface area contributed by atoms with Crippen LogP contribution in [0.15, 0.2) is 47.7 Å². The fourth-order valence-corrected chi connectivity index (χ4v) is 2.29. The smallest absolute Gasteiger partial charge is 0.251 e. The molecule has 2 rings (SSSR count). The van der Waals surface area contributed by atoms with E-state index in [2.05, 4.69) is 26.0 Å². The van der Waals surface area contributed by atoms with E-state index < -0.39 is 0 Å². The number of carbonyl (C=O) groups excluding carboxylic acids is 1. The quantitative estimate of drug-likeness (QED) is 0.229. The molecule has 26 heavy (non-hydrogen) atoms. The molecule has 0 unspecified atom stereocenters. The van der Waals surface area contributed by atoms with Crippen LogP contribution >= 0.6 is 35.6 Å². The van der Waals surface area contributed by atoms with E-state index >= 15 is 0 Å². The van der Waals surface area contributed by atoms with Crippen LogP contribution in [0.1, 0.15) is 16.8 Å². The molecule has 0 aliphatic carbocycles. The van der Waals surface area contributed by atoms with Gasteiger partial charge in [-0.2, -0.15) is 5.10 Å². The van der Waals surface area contributed by atoms with Gasteiger partial charge in [0.25, 0.3) is 5.91 Å². The Balaban J connectivity index is 0.00000338. The molecule has 142 valence electrons. The lowest BCUT2D eigenvalue weighted by Crippen LogP contribution is -2.42. The maximum atomic E-state index is 12.0. The second kappa shape index (κ2) is 12.5. The summed E-state index contributed by atoms with van der Waals surface area (Å²) in [5, 5.41) is 14.0. The van der Waals surface area contributed by atoms with Crippen LogP contribution in [0.4, 0.5) is 0 Å². The van der Waals surface area contributed by atoms with E-state index in [0.29, 0.717) is 29.6 Å². The van der Waals surface area contributed by atoms with Crippen molar-refractivity contribution < 1.29 is 4.79 Å². The number of aryl methyl sites for hydroxylation is 1. The number of halogens is 2. The van der Waals surface area contributed by atoms with Crippen LogP contribution < -0.4 is 16.0 Å². The number of hydrogen-bond donors (Lipinski definition) is 3. The second-order valence-corrected chi connectivity index (χ2v) is 5.75. The van der Waals surface area contributed by atoms with E-state index in [4.69, 9.17) is 11.6 Å². The lowest BCUT2D eigenvalue weighted by atomic mass is 10.2. The molecule has 0 bridgehead atoms. The summed E-state index contributed by atoms with van der Waals surface area (Å²) in [6.07, 6.45) is 4.65. The highest BCUT2D eigenvalue weighted by Gasteiger charge is 2.04. The van der Waals surface area contributed by atoms with E-state index in [1.165, 1.54) is 0 Å². The van der Waals surface area contributed by atoms with Crippen molar-refractivity contribution >= 4 is 47.4 Å². The van der Waals surface area contributed by atoms with Gasteiger partial charge in [0.1, 0.15) is 0 Å². The number of aromatic nitrogens is 2. The van der Waals surface area contributed by atoms with Crippen LogP contribution in [0.25, 0.3) is 0 Å². The molecule has 7 nitrogen and oxygen atoms in total. The molecular formula is C17H24ClIN6O. The maximum Gasteiger partial charge on any atom is 0.251 e. The van der Waals surface area contributed by atoms with Gasteiger partial charge in [-0.25, -0.2) is 0 Å². The molecule has 0 spiro atoms. The first-order valence-electron chi connectivity index (χ1n) is 8.15. The molecule has 1 aromatic carbocycles. The average molecular weight is 491 g/mol. The summed E-state index contributed by atoms with van der Waals surface area (Å²) >= 11 is 5.81. The van der Waals surface area contributed by atoms with Crippen LogP contribution in [-0.2, 0) is 6.54 Å². The van der Waals surface area contributed by atoms with E-state index in [1.54, 1.807) is 37.5 Å². The second-order valence-electron chi connectivity index (χ2n) is 5.31. The van der Waals surface area contributed by atoms with Gasteiger partial charge in [-0.15, -0.1) is 24.0 Å². The minimum Gasteiger partial charge on any atom is -0.356 e. The van der Waals surface area contributed by atoms with Gasteiger partial charge in [0.05, 0.1) is 0 Å². The lowest BCUT2D eigenvalue weighted by Gasteiger charge is -2.12. The molecule has 0 aliphatic heterocycles. The van der Waals surface area contributed by atoms with Gasteiger partial charge >= 0.3 is 0 Å². The molecule has 0 radical (unpaired) electrons. The van der Waals surface area contributed by atoms with Crippen molar-refractivity contribution in [3.63, 3.8) is 0 Å². The summed E-state index contributed by atoms with van der Waals surface area (Å²) in [5.74, 6) is 0.585. The fraction of sp³-hybridized carbons (Fsp3) is 0.353. The number of hydrogen-bond acceptors (Lipinski definition) is 3. The van der Waals surface area contributed by atoms with Crippen LogP contribution in [0.3, 0.4) is 0 Å². The highest BCUT2D eigenvalue weighted by atomic mass is 127. The molecule has 2 aromatic rings. The number of rotatable bonds is 8. The largest absolute Gasteiger partial charge is 0.356 e. The third-order valence-electron chi connectivity index (χ3n) is 3.45. The Labute approximate surface area is 175 Å². The number of guanidine groups is 1. The average Bonchev–Trinajstić information content (AvgIpc) is 3.14. The van der Waals surface area contributed by atoms with Crippen molar-refractivity contribution in [2.45, 2.75) is 13.0 Å². The Kier molecular flexibility index (Phi) is 10.7. The number of amides is 1. The predicted molar refractivity (Wildman–Crippen MR) is 115 cm³/mol. The van der Waals surface area contributed by atoms with E-state index in [1.807, 2.05) is 16.9 Å². The summed E-state index contributed by atoms with van der Waals surface area (Å²) in [5.41, 5.74) is 0.588. The SMILES string of the molecule is CN=C(NCCCn1cccn1)NCCNC(=O)c1ccc(Cl)cc1.I. The minimum absolute atomic E-state index is 0. The van der Waals surface area contributed by atoms with Crippen molar-refractivity contribution in [1.29, 1.82) is 0 Å². The Morgan fingerprint density at radius 2 is 1.85 bits per heavy atom. The van der Waals surface area contributed by atoms with E-state index in [-0.39, 0.29) is 29.9 Å². The number of carbonyl (C=O) groups is 1. The van der Waals surface area contributed by atoms with Crippen LogP contribution in [-0.4, -0.2) is 48.3 Å². The highest BCUT2D eigenvalue weighted by Crippen LogP contribution is 2.09. The molecular weight excluding hydrogens is 467 g/mol. The third kappa shape index (κ3) is 8.05. The van der Waals surface area contributed by atoms with Crippen LogP contribution in [0, 0.1) is 0 Å². The monoisotopic (exact) mass is 490 g/mol. The first kappa shape index (κ1) is 22.2. The zero-order valence-electron chi connectivity index (χ0n) is 14.6. The van der Waals surface area contributed by atoms with E-state index in [0.717, 1.165) is 19.5 Å². The van der Waals surface area contributed by atoms with Crippen molar-refractivity contribution in [3.8, 4) is 0 Å². The van der Waals surface area contributed by atoms with Gasteiger partial charge in [0.2, 0.25) is 0 Å². The predicted octanol–water partition coefficient (Wildman–Crippen LogP) is 2.14. The lowest BCUT2D eigenvalue weighted by molar-refractivity contribution is 0.0954. The molecule has 1 aromatic heterocycles. The van der Waals surface area contributed by atoms with E-state index in [9.17, 15) is 4.79 Å². The van der Waals surface area contributed by atoms with Crippen molar-refractivity contribution in [3.05, 3.63) is 53.3 Å². The zero-order chi connectivity index (χ0) is 17.9. The summed E-state index contributed by atoms with van der Waals surface area (Å²) in [4.78, 5) is 16.1. The Hall–Kier alpha value is -1.81. The molecule has 9 heteroatoms. The molecule has 3 N–H and O–H groups in total. The maximum absolute atomic E-state index is 12.0. The Morgan fingerprint density at radius 3 is 2.50 bits per heavy atom. The van der Waals surface area contributed by atoms with Gasteiger partial charge in [0, 0.05) is 56.2 Å². The summed E-state index contributed by atoms with van der Waals surface area (Å²) in [6.45, 7) is 2.72. The Bertz CT molecular complexity index is 675. The zero-order valence-corrected chi connectivity index (χ0v) is 17.7. The fourth-order valence-electron chi connectivity index (χ4n) is 2.16. The van der Waals surface area contributed by atoms with Gasteiger partial charge in [0.15, 0.2) is 5.96 Å². The summed E-state index contributed by atoms with van der Waals surface area (Å²) in [7, 11) is 1.72. The Morgan fingerprint density at radius 1 is 1.15 bits per heavy atom.